The number of benzene rings is 2. The number of para-hydroxylation sites is 2. The Kier molecular flexibility index (Phi) is 6.77. The van der Waals surface area contributed by atoms with Crippen LogP contribution in [-0.4, -0.2) is 27.9 Å². The topological polar surface area (TPSA) is 76.0 Å². The van der Waals surface area contributed by atoms with E-state index in [-0.39, 0.29) is 28.1 Å². The third kappa shape index (κ3) is 4.89. The van der Waals surface area contributed by atoms with Gasteiger partial charge < -0.3 is 15.2 Å². The lowest BCUT2D eigenvalue weighted by Crippen LogP contribution is -2.28. The van der Waals surface area contributed by atoms with Gasteiger partial charge in [0.25, 0.3) is 5.91 Å². The van der Waals surface area contributed by atoms with Crippen LogP contribution in [0.1, 0.15) is 35.9 Å². The van der Waals surface area contributed by atoms with Crippen LogP contribution in [0.15, 0.2) is 36.4 Å². The van der Waals surface area contributed by atoms with Gasteiger partial charge in [-0.3, -0.25) is 9.59 Å². The number of rotatable bonds is 7. The standard InChI is InChI=1S/C21H22Cl2N4O2/c1-3-6-19(28)26-20-15(11-14(22)12-16(20)23)21(29)24-9-10-27-13(2)25-17-7-4-5-8-18(17)27/h4-5,7-8,11-12H,3,6,9-10H2,1-2H3,(H,24,29)(H,26,28). The highest BCUT2D eigenvalue weighted by atomic mass is 35.5. The molecule has 0 saturated heterocycles. The molecule has 0 aliphatic rings. The van der Waals surface area contributed by atoms with E-state index in [0.717, 1.165) is 16.9 Å². The highest BCUT2D eigenvalue weighted by Crippen LogP contribution is 2.30. The molecule has 2 aromatic carbocycles. The Balaban J connectivity index is 1.75. The summed E-state index contributed by atoms with van der Waals surface area (Å²) in [6, 6.07) is 10.9. The maximum Gasteiger partial charge on any atom is 0.253 e. The lowest BCUT2D eigenvalue weighted by atomic mass is 10.1. The van der Waals surface area contributed by atoms with Crippen molar-refractivity contribution >= 4 is 51.7 Å². The van der Waals surface area contributed by atoms with E-state index in [9.17, 15) is 9.59 Å². The van der Waals surface area contributed by atoms with Crippen molar-refractivity contribution in [1.29, 1.82) is 0 Å². The minimum atomic E-state index is -0.358. The fourth-order valence-electron chi connectivity index (χ4n) is 3.16. The average Bonchev–Trinajstić information content (AvgIpc) is 2.99. The summed E-state index contributed by atoms with van der Waals surface area (Å²) in [6.07, 6.45) is 1.03. The van der Waals surface area contributed by atoms with Gasteiger partial charge in [0, 0.05) is 24.5 Å². The molecule has 0 saturated carbocycles. The molecule has 29 heavy (non-hydrogen) atoms. The largest absolute Gasteiger partial charge is 0.350 e. The number of hydrogen-bond donors (Lipinski definition) is 2. The molecule has 0 aliphatic carbocycles. The average molecular weight is 433 g/mol. The second kappa shape index (κ2) is 9.29. The van der Waals surface area contributed by atoms with Gasteiger partial charge in [-0.1, -0.05) is 42.3 Å². The smallest absolute Gasteiger partial charge is 0.253 e. The number of fused-ring (bicyclic) bond motifs is 1. The lowest BCUT2D eigenvalue weighted by Gasteiger charge is -2.14. The van der Waals surface area contributed by atoms with Gasteiger partial charge in [0.2, 0.25) is 5.91 Å². The normalized spacial score (nSPS) is 10.9. The first-order valence-electron chi connectivity index (χ1n) is 9.39. The molecule has 0 bridgehead atoms. The Morgan fingerprint density at radius 3 is 2.69 bits per heavy atom. The maximum absolute atomic E-state index is 12.8. The fraction of sp³-hybridized carbons (Fsp3) is 0.286. The van der Waals surface area contributed by atoms with Crippen molar-refractivity contribution in [2.45, 2.75) is 33.2 Å². The number of halogens is 2. The van der Waals surface area contributed by atoms with E-state index in [2.05, 4.69) is 15.6 Å². The zero-order valence-electron chi connectivity index (χ0n) is 16.3. The van der Waals surface area contributed by atoms with Crippen LogP contribution in [-0.2, 0) is 11.3 Å². The summed E-state index contributed by atoms with van der Waals surface area (Å²) in [5, 5.41) is 6.14. The molecule has 6 nitrogen and oxygen atoms in total. The first-order chi connectivity index (χ1) is 13.9. The Morgan fingerprint density at radius 1 is 1.17 bits per heavy atom. The molecule has 8 heteroatoms. The Bertz CT molecular complexity index is 1060. The summed E-state index contributed by atoms with van der Waals surface area (Å²) in [7, 11) is 0. The molecule has 3 rings (SSSR count). The number of carbonyl (C=O) groups is 2. The Morgan fingerprint density at radius 2 is 1.93 bits per heavy atom. The Hall–Kier alpha value is -2.57. The molecule has 152 valence electrons. The van der Waals surface area contributed by atoms with Crippen LogP contribution in [0.5, 0.6) is 0 Å². The molecule has 2 N–H and O–H groups in total. The van der Waals surface area contributed by atoms with E-state index in [1.807, 2.05) is 42.7 Å². The van der Waals surface area contributed by atoms with Crippen molar-refractivity contribution in [3.63, 3.8) is 0 Å². The number of imidazole rings is 1. The van der Waals surface area contributed by atoms with Crippen LogP contribution in [0.2, 0.25) is 10.0 Å². The molecule has 0 radical (unpaired) electrons. The van der Waals surface area contributed by atoms with E-state index in [1.54, 1.807) is 0 Å². The van der Waals surface area contributed by atoms with Gasteiger partial charge in [0.05, 0.1) is 27.3 Å². The van der Waals surface area contributed by atoms with Gasteiger partial charge in [-0.15, -0.1) is 0 Å². The van der Waals surface area contributed by atoms with Crippen LogP contribution in [0, 0.1) is 6.92 Å². The van der Waals surface area contributed by atoms with Crippen LogP contribution in [0.3, 0.4) is 0 Å². The van der Waals surface area contributed by atoms with E-state index in [1.165, 1.54) is 12.1 Å². The van der Waals surface area contributed by atoms with Crippen molar-refractivity contribution in [3.05, 3.63) is 57.8 Å². The summed E-state index contributed by atoms with van der Waals surface area (Å²) in [4.78, 5) is 29.3. The third-order valence-corrected chi connectivity index (χ3v) is 5.02. The predicted molar refractivity (Wildman–Crippen MR) is 117 cm³/mol. The van der Waals surface area contributed by atoms with Crippen LogP contribution in [0.4, 0.5) is 5.69 Å². The van der Waals surface area contributed by atoms with E-state index >= 15 is 0 Å². The monoisotopic (exact) mass is 432 g/mol. The van der Waals surface area contributed by atoms with Gasteiger partial charge in [0.1, 0.15) is 5.82 Å². The zero-order valence-corrected chi connectivity index (χ0v) is 17.8. The summed E-state index contributed by atoms with van der Waals surface area (Å²) in [5.41, 5.74) is 2.44. The van der Waals surface area contributed by atoms with Crippen LogP contribution >= 0.6 is 23.2 Å². The third-order valence-electron chi connectivity index (χ3n) is 4.51. The molecule has 0 spiro atoms. The molecule has 0 fully saturated rings. The first kappa shape index (κ1) is 21.1. The van der Waals surface area contributed by atoms with Crippen LogP contribution < -0.4 is 10.6 Å². The molecule has 1 heterocycles. The number of nitrogens with zero attached hydrogens (tertiary/aromatic N) is 2. The van der Waals surface area contributed by atoms with Gasteiger partial charge in [-0.2, -0.15) is 0 Å². The van der Waals surface area contributed by atoms with Crippen LogP contribution in [0.25, 0.3) is 11.0 Å². The van der Waals surface area contributed by atoms with Gasteiger partial charge in [-0.05, 0) is 37.6 Å². The van der Waals surface area contributed by atoms with Gasteiger partial charge in [-0.25, -0.2) is 4.98 Å². The molecule has 0 aliphatic heterocycles. The maximum atomic E-state index is 12.8. The van der Waals surface area contributed by atoms with Crippen molar-refractivity contribution in [1.82, 2.24) is 14.9 Å². The second-order valence-corrected chi connectivity index (χ2v) is 7.51. The minimum Gasteiger partial charge on any atom is -0.350 e. The zero-order chi connectivity index (χ0) is 21.0. The molecule has 0 atom stereocenters. The van der Waals surface area contributed by atoms with Crippen molar-refractivity contribution in [3.8, 4) is 0 Å². The molecule has 0 unspecified atom stereocenters. The highest BCUT2D eigenvalue weighted by molar-refractivity contribution is 6.38. The fourth-order valence-corrected chi connectivity index (χ4v) is 3.70. The number of carbonyl (C=O) groups excluding carboxylic acids is 2. The first-order valence-corrected chi connectivity index (χ1v) is 10.1. The highest BCUT2D eigenvalue weighted by Gasteiger charge is 2.18. The molecular formula is C21H22Cl2N4O2. The van der Waals surface area contributed by atoms with Crippen molar-refractivity contribution < 1.29 is 9.59 Å². The lowest BCUT2D eigenvalue weighted by molar-refractivity contribution is -0.116. The number of hydrogen-bond acceptors (Lipinski definition) is 3. The molecule has 2 amide bonds. The van der Waals surface area contributed by atoms with E-state index in [4.69, 9.17) is 23.2 Å². The SMILES string of the molecule is CCCC(=O)Nc1c(Cl)cc(Cl)cc1C(=O)NCCn1c(C)nc2ccccc21. The molecular weight excluding hydrogens is 411 g/mol. The number of amides is 2. The van der Waals surface area contributed by atoms with E-state index in [0.29, 0.717) is 31.0 Å². The molecule has 3 aromatic rings. The summed E-state index contributed by atoms with van der Waals surface area (Å²) < 4.78 is 2.05. The van der Waals surface area contributed by atoms with Gasteiger partial charge in [0.15, 0.2) is 0 Å². The quantitative estimate of drug-likeness (QED) is 0.561. The number of nitrogens with one attached hydrogen (secondary N) is 2. The minimum absolute atomic E-state index is 0.203. The summed E-state index contributed by atoms with van der Waals surface area (Å²) in [6.45, 7) is 4.77. The number of anilines is 1. The predicted octanol–water partition coefficient (Wildman–Crippen LogP) is 4.82. The number of aromatic nitrogens is 2. The summed E-state index contributed by atoms with van der Waals surface area (Å²) >= 11 is 12.3. The number of aryl methyl sites for hydroxylation is 1. The van der Waals surface area contributed by atoms with Crippen molar-refractivity contribution in [2.75, 3.05) is 11.9 Å². The Labute approximate surface area is 179 Å². The molecule has 1 aromatic heterocycles. The summed E-state index contributed by atoms with van der Waals surface area (Å²) in [5.74, 6) is 0.313. The van der Waals surface area contributed by atoms with Gasteiger partial charge >= 0.3 is 0 Å². The second-order valence-electron chi connectivity index (χ2n) is 6.66. The van der Waals surface area contributed by atoms with Crippen molar-refractivity contribution in [2.24, 2.45) is 0 Å². The van der Waals surface area contributed by atoms with E-state index < -0.39 is 0 Å².